The van der Waals surface area contributed by atoms with Crippen LogP contribution in [0.5, 0.6) is 0 Å². The van der Waals surface area contributed by atoms with Gasteiger partial charge in [-0.25, -0.2) is 4.68 Å². The molecule has 1 aromatic heterocycles. The summed E-state index contributed by atoms with van der Waals surface area (Å²) in [7, 11) is 3.96. The summed E-state index contributed by atoms with van der Waals surface area (Å²) in [5.74, 6) is 0. The van der Waals surface area contributed by atoms with Crippen molar-refractivity contribution in [3.63, 3.8) is 0 Å². The lowest BCUT2D eigenvalue weighted by atomic mass is 10.1. The van der Waals surface area contributed by atoms with Gasteiger partial charge in [-0.2, -0.15) is 0 Å². The number of hydrogen-bond acceptors (Lipinski definition) is 2. The van der Waals surface area contributed by atoms with Gasteiger partial charge < -0.3 is 4.90 Å². The van der Waals surface area contributed by atoms with E-state index in [1.807, 2.05) is 43.3 Å². The molecular formula is C19H17Cl2N3O. The number of anilines is 1. The molecule has 0 saturated heterocycles. The van der Waals surface area contributed by atoms with Crippen LogP contribution in [0.15, 0.2) is 47.3 Å². The zero-order valence-corrected chi connectivity index (χ0v) is 15.4. The average Bonchev–Trinajstić information content (AvgIpc) is 2.85. The van der Waals surface area contributed by atoms with Gasteiger partial charge in [-0.15, -0.1) is 0 Å². The van der Waals surface area contributed by atoms with Crippen molar-refractivity contribution in [2.75, 3.05) is 19.0 Å². The molecule has 1 heterocycles. The Hall–Kier alpha value is -2.43. The molecule has 25 heavy (non-hydrogen) atoms. The predicted molar refractivity (Wildman–Crippen MR) is 106 cm³/mol. The Balaban J connectivity index is 2.13. The van der Waals surface area contributed by atoms with Gasteiger partial charge in [-0.1, -0.05) is 41.9 Å². The first-order valence-electron chi connectivity index (χ1n) is 7.61. The van der Waals surface area contributed by atoms with E-state index in [4.69, 9.17) is 23.2 Å². The Labute approximate surface area is 155 Å². The highest BCUT2D eigenvalue weighted by molar-refractivity contribution is 6.34. The number of rotatable bonds is 3. The van der Waals surface area contributed by atoms with Crippen molar-refractivity contribution in [1.82, 2.24) is 9.78 Å². The largest absolute Gasteiger partial charge is 0.378 e. The summed E-state index contributed by atoms with van der Waals surface area (Å²) in [6.07, 6.45) is 1.80. The van der Waals surface area contributed by atoms with Gasteiger partial charge in [-0.05, 0) is 42.0 Å². The van der Waals surface area contributed by atoms with E-state index < -0.39 is 0 Å². The molecule has 2 aromatic carbocycles. The SMILES string of the molecule is C=c1[nH]n(-c2cc(Cl)ccc2Cl)c(=O)/c1=C\c1ccc(N(C)C)cc1. The van der Waals surface area contributed by atoms with Crippen molar-refractivity contribution in [2.24, 2.45) is 0 Å². The maximum Gasteiger partial charge on any atom is 0.279 e. The quantitative estimate of drug-likeness (QED) is 0.766. The summed E-state index contributed by atoms with van der Waals surface area (Å²) < 4.78 is 1.36. The summed E-state index contributed by atoms with van der Waals surface area (Å²) in [6, 6.07) is 12.9. The molecule has 4 nitrogen and oxygen atoms in total. The third kappa shape index (κ3) is 3.50. The second-order valence-corrected chi connectivity index (χ2v) is 6.71. The Morgan fingerprint density at radius 1 is 1.12 bits per heavy atom. The maximum atomic E-state index is 12.8. The number of nitrogens with one attached hydrogen (secondary N) is 1. The first-order chi connectivity index (χ1) is 11.9. The molecule has 128 valence electrons. The number of halogens is 2. The summed E-state index contributed by atoms with van der Waals surface area (Å²) in [5.41, 5.74) is 2.26. The van der Waals surface area contributed by atoms with Gasteiger partial charge in [-0.3, -0.25) is 9.89 Å². The lowest BCUT2D eigenvalue weighted by Crippen LogP contribution is -2.34. The summed E-state index contributed by atoms with van der Waals surface area (Å²) in [5, 5.41) is 4.87. The zero-order valence-electron chi connectivity index (χ0n) is 13.9. The van der Waals surface area contributed by atoms with Gasteiger partial charge in [0, 0.05) is 24.8 Å². The molecule has 3 rings (SSSR count). The first-order valence-corrected chi connectivity index (χ1v) is 8.37. The lowest BCUT2D eigenvalue weighted by molar-refractivity contribution is 0.839. The van der Waals surface area contributed by atoms with Gasteiger partial charge in [0.05, 0.1) is 21.3 Å². The third-order valence-corrected chi connectivity index (χ3v) is 4.43. The monoisotopic (exact) mass is 373 g/mol. The fourth-order valence-electron chi connectivity index (χ4n) is 2.51. The maximum absolute atomic E-state index is 12.8. The molecule has 0 unspecified atom stereocenters. The van der Waals surface area contributed by atoms with E-state index >= 15 is 0 Å². The number of benzene rings is 2. The number of H-pyrrole nitrogens is 1. The highest BCUT2D eigenvalue weighted by Gasteiger charge is 2.09. The molecule has 1 N–H and O–H groups in total. The Morgan fingerprint density at radius 2 is 1.80 bits per heavy atom. The number of hydrogen-bond donors (Lipinski definition) is 1. The molecule has 0 bridgehead atoms. The normalized spacial score (nSPS) is 11.8. The van der Waals surface area contributed by atoms with Crippen molar-refractivity contribution < 1.29 is 0 Å². The number of aromatic amines is 1. The van der Waals surface area contributed by atoms with Crippen LogP contribution in [0.3, 0.4) is 0 Å². The van der Waals surface area contributed by atoms with E-state index in [0.29, 0.717) is 26.3 Å². The molecule has 0 aliphatic heterocycles. The average molecular weight is 374 g/mol. The van der Waals surface area contributed by atoms with Crippen LogP contribution in [0.25, 0.3) is 18.3 Å². The van der Waals surface area contributed by atoms with Crippen molar-refractivity contribution in [1.29, 1.82) is 0 Å². The van der Waals surface area contributed by atoms with Gasteiger partial charge in [0.15, 0.2) is 0 Å². The molecule has 0 radical (unpaired) electrons. The Bertz CT molecular complexity index is 1080. The number of nitrogens with zero attached hydrogens (tertiary/aromatic N) is 2. The molecule has 0 aliphatic rings. The van der Waals surface area contributed by atoms with Gasteiger partial charge in [0.25, 0.3) is 5.56 Å². The summed E-state index contributed by atoms with van der Waals surface area (Å²) >= 11 is 12.2. The minimum Gasteiger partial charge on any atom is -0.378 e. The van der Waals surface area contributed by atoms with Crippen molar-refractivity contribution in [3.05, 3.63) is 79.0 Å². The minimum absolute atomic E-state index is 0.231. The molecule has 6 heteroatoms. The predicted octanol–water partition coefficient (Wildman–Crippen LogP) is 2.78. The van der Waals surface area contributed by atoms with Crippen LogP contribution in [0, 0.1) is 0 Å². The topological polar surface area (TPSA) is 41.0 Å². The van der Waals surface area contributed by atoms with Crippen LogP contribution in [-0.2, 0) is 0 Å². The van der Waals surface area contributed by atoms with Crippen molar-refractivity contribution in [2.45, 2.75) is 0 Å². The fraction of sp³-hybridized carbons (Fsp3) is 0.105. The van der Waals surface area contributed by atoms with E-state index in [1.54, 1.807) is 24.3 Å². The van der Waals surface area contributed by atoms with Gasteiger partial charge in [0.1, 0.15) is 0 Å². The molecule has 0 fully saturated rings. The summed E-state index contributed by atoms with van der Waals surface area (Å²) in [6.45, 7) is 3.93. The molecule has 0 aliphatic carbocycles. The van der Waals surface area contributed by atoms with Gasteiger partial charge in [0.2, 0.25) is 0 Å². The van der Waals surface area contributed by atoms with Crippen LogP contribution < -0.4 is 21.0 Å². The lowest BCUT2D eigenvalue weighted by Gasteiger charge is -2.11. The van der Waals surface area contributed by atoms with Crippen molar-refractivity contribution >= 4 is 41.5 Å². The van der Waals surface area contributed by atoms with E-state index in [0.717, 1.165) is 11.3 Å². The first kappa shape index (κ1) is 17.4. The van der Waals surface area contributed by atoms with E-state index in [2.05, 4.69) is 11.7 Å². The standard InChI is InChI=1S/C19H17Cl2N3O/c1-12-16(10-13-4-7-15(8-5-13)23(2)3)19(25)24(22-12)18-11-14(20)6-9-17(18)21/h4-11,22H,1H2,2-3H3/b16-10-. The number of aromatic nitrogens is 2. The second-order valence-electron chi connectivity index (χ2n) is 5.87. The van der Waals surface area contributed by atoms with Gasteiger partial charge >= 0.3 is 0 Å². The zero-order chi connectivity index (χ0) is 18.1. The van der Waals surface area contributed by atoms with E-state index in [-0.39, 0.29) is 5.56 Å². The molecule has 0 spiro atoms. The second kappa shape index (κ2) is 6.82. The van der Waals surface area contributed by atoms with Crippen LogP contribution in [0.4, 0.5) is 5.69 Å². The minimum atomic E-state index is -0.231. The van der Waals surface area contributed by atoms with Crippen LogP contribution in [0.2, 0.25) is 10.0 Å². The molecule has 0 saturated carbocycles. The highest BCUT2D eigenvalue weighted by atomic mass is 35.5. The third-order valence-electron chi connectivity index (χ3n) is 3.87. The fourth-order valence-corrected chi connectivity index (χ4v) is 2.87. The summed E-state index contributed by atoms with van der Waals surface area (Å²) in [4.78, 5) is 14.8. The van der Waals surface area contributed by atoms with Crippen LogP contribution in [0.1, 0.15) is 5.56 Å². The molecular weight excluding hydrogens is 357 g/mol. The van der Waals surface area contributed by atoms with E-state index in [9.17, 15) is 4.79 Å². The highest BCUT2D eigenvalue weighted by Crippen LogP contribution is 2.22. The Morgan fingerprint density at radius 3 is 2.44 bits per heavy atom. The van der Waals surface area contributed by atoms with Crippen LogP contribution in [-0.4, -0.2) is 23.9 Å². The van der Waals surface area contributed by atoms with E-state index in [1.165, 1.54) is 4.68 Å². The molecule has 0 amide bonds. The molecule has 3 aromatic rings. The van der Waals surface area contributed by atoms with Crippen LogP contribution >= 0.6 is 23.2 Å². The molecule has 0 atom stereocenters. The smallest absolute Gasteiger partial charge is 0.279 e. The van der Waals surface area contributed by atoms with Crippen molar-refractivity contribution in [3.8, 4) is 5.69 Å². The Kier molecular flexibility index (Phi) is 4.75.